The Hall–Kier alpha value is -2.19. The van der Waals surface area contributed by atoms with Gasteiger partial charge in [-0.3, -0.25) is 5.10 Å². The molecule has 108 valence electrons. The molecule has 0 aromatic carbocycles. The van der Waals surface area contributed by atoms with Gasteiger partial charge in [0.25, 0.3) is 0 Å². The van der Waals surface area contributed by atoms with Gasteiger partial charge in [-0.15, -0.1) is 11.3 Å². The average molecular weight is 302 g/mol. The summed E-state index contributed by atoms with van der Waals surface area (Å²) in [4.78, 5) is 9.60. The van der Waals surface area contributed by atoms with E-state index in [1.54, 1.807) is 17.5 Å². The van der Waals surface area contributed by atoms with E-state index in [0.29, 0.717) is 12.5 Å². The molecule has 1 fully saturated rings. The van der Waals surface area contributed by atoms with E-state index < -0.39 is 0 Å². The van der Waals surface area contributed by atoms with Crippen LogP contribution in [0.1, 0.15) is 6.42 Å². The smallest absolute Gasteiger partial charge is 0.222 e. The standard InChI is InChI=1S/C13H14N6OS/c14-13-17-8-4-10(7-1-2-16-19-7)21-11(8)12(18-13)15-5-6-3-9(6)20/h1-2,4,6,9,20H,3,5H2,(H,16,19)(H3,14,15,17,18). The van der Waals surface area contributed by atoms with Crippen LogP contribution in [-0.4, -0.2) is 37.9 Å². The number of thiophene rings is 1. The summed E-state index contributed by atoms with van der Waals surface area (Å²) in [5.74, 6) is 1.28. The number of anilines is 2. The number of nitrogens with zero attached hydrogens (tertiary/aromatic N) is 3. The Kier molecular flexibility index (Phi) is 2.79. The first-order valence-electron chi connectivity index (χ1n) is 6.69. The number of rotatable bonds is 4. The van der Waals surface area contributed by atoms with Gasteiger partial charge in [-0.2, -0.15) is 10.1 Å². The minimum atomic E-state index is -0.184. The van der Waals surface area contributed by atoms with Crippen LogP contribution >= 0.6 is 11.3 Å². The molecule has 0 aliphatic heterocycles. The Labute approximate surface area is 124 Å². The maximum Gasteiger partial charge on any atom is 0.222 e. The van der Waals surface area contributed by atoms with Crippen molar-refractivity contribution in [1.82, 2.24) is 20.2 Å². The van der Waals surface area contributed by atoms with Crippen LogP contribution in [0.4, 0.5) is 11.8 Å². The van der Waals surface area contributed by atoms with E-state index in [-0.39, 0.29) is 12.1 Å². The molecule has 3 heterocycles. The maximum atomic E-state index is 9.40. The van der Waals surface area contributed by atoms with E-state index >= 15 is 0 Å². The van der Waals surface area contributed by atoms with E-state index in [1.807, 2.05) is 12.1 Å². The van der Waals surface area contributed by atoms with Crippen molar-refractivity contribution in [2.45, 2.75) is 12.5 Å². The van der Waals surface area contributed by atoms with Gasteiger partial charge in [-0.05, 0) is 18.6 Å². The van der Waals surface area contributed by atoms with Crippen molar-refractivity contribution in [2.24, 2.45) is 5.92 Å². The van der Waals surface area contributed by atoms with Gasteiger partial charge in [0.1, 0.15) is 5.82 Å². The molecule has 0 bridgehead atoms. The van der Waals surface area contributed by atoms with Gasteiger partial charge in [0.2, 0.25) is 5.95 Å². The minimum Gasteiger partial charge on any atom is -0.393 e. The van der Waals surface area contributed by atoms with Crippen LogP contribution in [0.25, 0.3) is 20.8 Å². The molecule has 0 spiro atoms. The number of nitrogens with two attached hydrogens (primary N) is 1. The Balaban J connectivity index is 1.71. The molecular formula is C13H14N6OS. The van der Waals surface area contributed by atoms with Gasteiger partial charge in [0.05, 0.1) is 26.9 Å². The fraction of sp³-hybridized carbons (Fsp3) is 0.308. The highest BCUT2D eigenvalue weighted by molar-refractivity contribution is 7.22. The molecule has 3 aromatic rings. The van der Waals surface area contributed by atoms with Gasteiger partial charge in [-0.1, -0.05) is 0 Å². The second-order valence-electron chi connectivity index (χ2n) is 5.17. The van der Waals surface area contributed by atoms with Crippen molar-refractivity contribution in [3.8, 4) is 10.6 Å². The number of aliphatic hydroxyl groups excluding tert-OH is 1. The molecule has 8 heteroatoms. The molecule has 0 amide bonds. The second kappa shape index (κ2) is 4.68. The molecule has 0 radical (unpaired) electrons. The highest BCUT2D eigenvalue weighted by Gasteiger charge is 2.34. The fourth-order valence-corrected chi connectivity index (χ4v) is 3.31. The molecule has 4 rings (SSSR count). The highest BCUT2D eigenvalue weighted by Crippen LogP contribution is 2.36. The number of hydrogen-bond donors (Lipinski definition) is 4. The Bertz CT molecular complexity index is 783. The number of aromatic amines is 1. The van der Waals surface area contributed by atoms with Crippen molar-refractivity contribution < 1.29 is 5.11 Å². The second-order valence-corrected chi connectivity index (χ2v) is 6.22. The molecule has 1 aliphatic carbocycles. The molecule has 1 aliphatic rings. The molecule has 0 saturated heterocycles. The molecule has 5 N–H and O–H groups in total. The highest BCUT2D eigenvalue weighted by atomic mass is 32.1. The third-order valence-corrected chi connectivity index (χ3v) is 4.74. The third kappa shape index (κ3) is 2.32. The van der Waals surface area contributed by atoms with Crippen LogP contribution in [0.2, 0.25) is 0 Å². The van der Waals surface area contributed by atoms with Crippen LogP contribution in [0.5, 0.6) is 0 Å². The average Bonchev–Trinajstić information content (AvgIpc) is 2.87. The number of hydrogen-bond acceptors (Lipinski definition) is 7. The van der Waals surface area contributed by atoms with E-state index in [0.717, 1.165) is 33.0 Å². The van der Waals surface area contributed by atoms with Crippen molar-refractivity contribution in [1.29, 1.82) is 0 Å². The lowest BCUT2D eigenvalue weighted by Gasteiger charge is -2.06. The number of nitrogens with one attached hydrogen (secondary N) is 2. The van der Waals surface area contributed by atoms with E-state index in [1.165, 1.54) is 0 Å². The lowest BCUT2D eigenvalue weighted by Crippen LogP contribution is -2.09. The molecular weight excluding hydrogens is 288 g/mol. The van der Waals surface area contributed by atoms with Crippen LogP contribution < -0.4 is 11.1 Å². The predicted molar refractivity (Wildman–Crippen MR) is 82.0 cm³/mol. The van der Waals surface area contributed by atoms with Gasteiger partial charge in [-0.25, -0.2) is 4.98 Å². The summed E-state index contributed by atoms with van der Waals surface area (Å²) < 4.78 is 0.962. The summed E-state index contributed by atoms with van der Waals surface area (Å²) in [6.07, 6.45) is 2.38. The molecule has 2 unspecified atom stereocenters. The molecule has 1 saturated carbocycles. The largest absolute Gasteiger partial charge is 0.393 e. The van der Waals surface area contributed by atoms with Crippen LogP contribution in [0, 0.1) is 5.92 Å². The number of fused-ring (bicyclic) bond motifs is 1. The number of aromatic nitrogens is 4. The van der Waals surface area contributed by atoms with Crippen molar-refractivity contribution in [3.05, 3.63) is 18.3 Å². The van der Waals surface area contributed by atoms with Crippen LogP contribution in [-0.2, 0) is 0 Å². The zero-order chi connectivity index (χ0) is 14.4. The quantitative estimate of drug-likeness (QED) is 0.580. The zero-order valence-electron chi connectivity index (χ0n) is 11.1. The number of aliphatic hydroxyl groups is 1. The first-order valence-corrected chi connectivity index (χ1v) is 7.51. The molecule has 2 atom stereocenters. The first-order chi connectivity index (χ1) is 10.2. The van der Waals surface area contributed by atoms with E-state index in [2.05, 4.69) is 25.5 Å². The van der Waals surface area contributed by atoms with Crippen LogP contribution in [0.15, 0.2) is 18.3 Å². The summed E-state index contributed by atoms with van der Waals surface area (Å²) >= 11 is 1.59. The van der Waals surface area contributed by atoms with E-state index in [4.69, 9.17) is 5.73 Å². The minimum absolute atomic E-state index is 0.184. The summed E-state index contributed by atoms with van der Waals surface area (Å²) in [5.41, 5.74) is 7.54. The summed E-state index contributed by atoms with van der Waals surface area (Å²) in [6, 6.07) is 3.89. The SMILES string of the molecule is Nc1nc(NCC2CC2O)c2sc(-c3ccn[nH]3)cc2n1. The van der Waals surface area contributed by atoms with Gasteiger partial charge in [0.15, 0.2) is 0 Å². The Morgan fingerprint density at radius 1 is 1.48 bits per heavy atom. The lowest BCUT2D eigenvalue weighted by molar-refractivity contribution is 0.262. The fourth-order valence-electron chi connectivity index (χ4n) is 2.27. The molecule has 21 heavy (non-hydrogen) atoms. The van der Waals surface area contributed by atoms with Crippen LogP contribution in [0.3, 0.4) is 0 Å². The number of H-pyrrole nitrogens is 1. The molecule has 7 nitrogen and oxygen atoms in total. The normalized spacial score (nSPS) is 20.8. The zero-order valence-corrected chi connectivity index (χ0v) is 11.9. The summed E-state index contributed by atoms with van der Waals surface area (Å²) in [6.45, 7) is 0.698. The first kappa shape index (κ1) is 12.5. The Morgan fingerprint density at radius 2 is 2.33 bits per heavy atom. The monoisotopic (exact) mass is 302 g/mol. The third-order valence-electron chi connectivity index (χ3n) is 3.57. The predicted octanol–water partition coefficient (Wildman–Crippen LogP) is 1.46. The molecule has 3 aromatic heterocycles. The van der Waals surface area contributed by atoms with Crippen molar-refractivity contribution in [2.75, 3.05) is 17.6 Å². The Morgan fingerprint density at radius 3 is 3.05 bits per heavy atom. The lowest BCUT2D eigenvalue weighted by atomic mass is 10.3. The van der Waals surface area contributed by atoms with Gasteiger partial charge >= 0.3 is 0 Å². The van der Waals surface area contributed by atoms with E-state index in [9.17, 15) is 5.11 Å². The summed E-state index contributed by atoms with van der Waals surface area (Å²) in [5, 5.41) is 19.6. The topological polar surface area (TPSA) is 113 Å². The maximum absolute atomic E-state index is 9.40. The summed E-state index contributed by atoms with van der Waals surface area (Å²) in [7, 11) is 0. The van der Waals surface area contributed by atoms with Crippen molar-refractivity contribution >= 4 is 33.3 Å². The van der Waals surface area contributed by atoms with Gasteiger partial charge in [0, 0.05) is 18.7 Å². The van der Waals surface area contributed by atoms with Crippen molar-refractivity contribution in [3.63, 3.8) is 0 Å². The van der Waals surface area contributed by atoms with Gasteiger partial charge < -0.3 is 16.2 Å². The number of nitrogen functional groups attached to an aromatic ring is 1.